The lowest BCUT2D eigenvalue weighted by Crippen LogP contribution is -2.27. The van der Waals surface area contributed by atoms with E-state index in [2.05, 4.69) is 0 Å². The Morgan fingerprint density at radius 3 is 2.00 bits per heavy atom. The number of benzene rings is 2. The molecule has 0 aliphatic rings. The molecule has 0 saturated carbocycles. The number of para-hydroxylation sites is 2. The van der Waals surface area contributed by atoms with Gasteiger partial charge in [-0.1, -0.05) is 30.3 Å². The number of alkyl halides is 3. The fourth-order valence-electron chi connectivity index (χ4n) is 1.65. The summed E-state index contributed by atoms with van der Waals surface area (Å²) in [5.41, 5.74) is -0.332. The van der Waals surface area contributed by atoms with Crippen molar-refractivity contribution in [2.75, 3.05) is 5.01 Å². The highest BCUT2D eigenvalue weighted by molar-refractivity contribution is 5.65. The van der Waals surface area contributed by atoms with Crippen LogP contribution in [0.4, 0.5) is 24.5 Å². The molecule has 0 amide bonds. The number of hydrogen-bond donors (Lipinski definition) is 1. The number of nitrogens with zero attached hydrogens (tertiary/aromatic N) is 1. The molecule has 18 heavy (non-hydrogen) atoms. The van der Waals surface area contributed by atoms with Crippen molar-refractivity contribution in [3.05, 3.63) is 60.2 Å². The maximum atomic E-state index is 12.8. The van der Waals surface area contributed by atoms with Crippen LogP contribution in [0.1, 0.15) is 5.56 Å². The Morgan fingerprint density at radius 1 is 0.833 bits per heavy atom. The van der Waals surface area contributed by atoms with Gasteiger partial charge in [-0.3, -0.25) is 5.01 Å². The van der Waals surface area contributed by atoms with E-state index >= 15 is 0 Å². The number of halogens is 3. The smallest absolute Gasteiger partial charge is 0.279 e. The summed E-state index contributed by atoms with van der Waals surface area (Å²) in [4.78, 5) is 0. The van der Waals surface area contributed by atoms with Gasteiger partial charge in [0.05, 0.1) is 16.9 Å². The van der Waals surface area contributed by atoms with Crippen molar-refractivity contribution in [1.82, 2.24) is 0 Å². The number of nitrogens with two attached hydrogens (primary N) is 1. The second kappa shape index (κ2) is 4.70. The molecule has 0 bridgehead atoms. The van der Waals surface area contributed by atoms with Crippen LogP contribution in [0, 0.1) is 0 Å². The average Bonchev–Trinajstić information content (AvgIpc) is 2.38. The molecule has 0 spiro atoms. The lowest BCUT2D eigenvalue weighted by atomic mass is 10.1. The van der Waals surface area contributed by atoms with E-state index in [1.54, 1.807) is 30.3 Å². The number of anilines is 2. The van der Waals surface area contributed by atoms with Crippen molar-refractivity contribution in [2.24, 2.45) is 5.84 Å². The van der Waals surface area contributed by atoms with Gasteiger partial charge in [0.1, 0.15) is 0 Å². The third kappa shape index (κ3) is 2.46. The van der Waals surface area contributed by atoms with Crippen molar-refractivity contribution in [3.8, 4) is 0 Å². The first-order valence-corrected chi connectivity index (χ1v) is 5.26. The Labute approximate surface area is 102 Å². The molecule has 0 heterocycles. The molecule has 0 radical (unpaired) electrons. The summed E-state index contributed by atoms with van der Waals surface area (Å²) in [6, 6.07) is 13.7. The minimum atomic E-state index is -4.43. The Morgan fingerprint density at radius 2 is 1.39 bits per heavy atom. The molecule has 0 aliphatic heterocycles. The van der Waals surface area contributed by atoms with Crippen molar-refractivity contribution in [1.29, 1.82) is 0 Å². The van der Waals surface area contributed by atoms with Gasteiger partial charge < -0.3 is 0 Å². The quantitative estimate of drug-likeness (QED) is 0.652. The standard InChI is InChI=1S/C13H11F3N2/c14-13(15,16)11-8-4-5-9-12(11)18(17)10-6-2-1-3-7-10/h1-9H,17H2. The lowest BCUT2D eigenvalue weighted by Gasteiger charge is -2.22. The van der Waals surface area contributed by atoms with Gasteiger partial charge in [-0.25, -0.2) is 5.84 Å². The molecular weight excluding hydrogens is 241 g/mol. The van der Waals surface area contributed by atoms with Gasteiger partial charge in [0.25, 0.3) is 0 Å². The predicted octanol–water partition coefficient (Wildman–Crippen LogP) is 3.72. The first-order valence-electron chi connectivity index (χ1n) is 5.26. The zero-order chi connectivity index (χ0) is 13.2. The summed E-state index contributed by atoms with van der Waals surface area (Å²) >= 11 is 0. The molecule has 0 atom stereocenters. The monoisotopic (exact) mass is 252 g/mol. The fraction of sp³-hybridized carbons (Fsp3) is 0.0769. The van der Waals surface area contributed by atoms with E-state index in [-0.39, 0.29) is 5.69 Å². The highest BCUT2D eigenvalue weighted by atomic mass is 19.4. The van der Waals surface area contributed by atoms with Crippen molar-refractivity contribution < 1.29 is 13.2 Å². The third-order valence-electron chi connectivity index (χ3n) is 2.50. The second-order valence-electron chi connectivity index (χ2n) is 3.72. The van der Waals surface area contributed by atoms with Gasteiger partial charge in [0.2, 0.25) is 0 Å². The molecule has 2 aromatic carbocycles. The zero-order valence-electron chi connectivity index (χ0n) is 9.35. The van der Waals surface area contributed by atoms with E-state index in [1.807, 2.05) is 0 Å². The minimum absolute atomic E-state index is 0.0730. The van der Waals surface area contributed by atoms with Crippen LogP contribution < -0.4 is 10.9 Å². The summed E-state index contributed by atoms with van der Waals surface area (Å²) in [5.74, 6) is 5.75. The SMILES string of the molecule is NN(c1ccccc1)c1ccccc1C(F)(F)F. The van der Waals surface area contributed by atoms with Crippen LogP contribution in [0.3, 0.4) is 0 Å². The van der Waals surface area contributed by atoms with Crippen molar-refractivity contribution in [2.45, 2.75) is 6.18 Å². The average molecular weight is 252 g/mol. The minimum Gasteiger partial charge on any atom is -0.279 e. The first kappa shape index (κ1) is 12.4. The normalized spacial score (nSPS) is 11.3. The number of hydrazine groups is 1. The van der Waals surface area contributed by atoms with Crippen molar-refractivity contribution in [3.63, 3.8) is 0 Å². The molecule has 2 rings (SSSR count). The van der Waals surface area contributed by atoms with E-state index in [0.717, 1.165) is 11.1 Å². The Hall–Kier alpha value is -2.01. The second-order valence-corrected chi connectivity index (χ2v) is 3.72. The van der Waals surface area contributed by atoms with Gasteiger partial charge in [-0.05, 0) is 24.3 Å². The highest BCUT2D eigenvalue weighted by Crippen LogP contribution is 2.37. The van der Waals surface area contributed by atoms with E-state index in [9.17, 15) is 13.2 Å². The first-order chi connectivity index (χ1) is 8.50. The van der Waals surface area contributed by atoms with E-state index in [4.69, 9.17) is 5.84 Å². The lowest BCUT2D eigenvalue weighted by molar-refractivity contribution is -0.137. The molecule has 2 aromatic rings. The van der Waals surface area contributed by atoms with Crippen LogP contribution in [0.2, 0.25) is 0 Å². The Balaban J connectivity index is 2.46. The summed E-state index contributed by atoms with van der Waals surface area (Å²) in [5, 5.41) is 1.03. The molecule has 2 nitrogen and oxygen atoms in total. The predicted molar refractivity (Wildman–Crippen MR) is 64.2 cm³/mol. The summed E-state index contributed by atoms with van der Waals surface area (Å²) < 4.78 is 38.5. The molecule has 0 unspecified atom stereocenters. The Bertz CT molecular complexity index is 523. The van der Waals surface area contributed by atoms with Gasteiger partial charge >= 0.3 is 6.18 Å². The molecule has 2 N–H and O–H groups in total. The van der Waals surface area contributed by atoms with Gasteiger partial charge in [-0.15, -0.1) is 0 Å². The molecule has 0 aliphatic carbocycles. The summed E-state index contributed by atoms with van der Waals surface area (Å²) in [6.45, 7) is 0. The number of hydrogen-bond acceptors (Lipinski definition) is 2. The topological polar surface area (TPSA) is 29.3 Å². The molecule has 0 aromatic heterocycles. The van der Waals surface area contributed by atoms with Gasteiger partial charge in [0, 0.05) is 0 Å². The zero-order valence-corrected chi connectivity index (χ0v) is 9.35. The van der Waals surface area contributed by atoms with E-state index in [0.29, 0.717) is 5.69 Å². The maximum absolute atomic E-state index is 12.8. The Kier molecular flexibility index (Phi) is 3.25. The molecule has 5 heteroatoms. The van der Waals surface area contributed by atoms with Crippen LogP contribution in [0.25, 0.3) is 0 Å². The van der Waals surface area contributed by atoms with Crippen LogP contribution in [0.5, 0.6) is 0 Å². The van der Waals surface area contributed by atoms with E-state index < -0.39 is 11.7 Å². The van der Waals surface area contributed by atoms with Crippen LogP contribution in [0.15, 0.2) is 54.6 Å². The summed E-state index contributed by atoms with van der Waals surface area (Å²) in [7, 11) is 0. The van der Waals surface area contributed by atoms with Crippen molar-refractivity contribution >= 4 is 11.4 Å². The van der Waals surface area contributed by atoms with Gasteiger partial charge in [0.15, 0.2) is 0 Å². The summed E-state index contributed by atoms with van der Waals surface area (Å²) in [6.07, 6.45) is -4.43. The highest BCUT2D eigenvalue weighted by Gasteiger charge is 2.34. The fourth-order valence-corrected chi connectivity index (χ4v) is 1.65. The van der Waals surface area contributed by atoms with Crippen LogP contribution in [-0.2, 0) is 6.18 Å². The van der Waals surface area contributed by atoms with E-state index in [1.165, 1.54) is 18.2 Å². The maximum Gasteiger partial charge on any atom is 0.418 e. The number of rotatable bonds is 2. The van der Waals surface area contributed by atoms with Crippen LogP contribution >= 0.6 is 0 Å². The molecule has 0 fully saturated rings. The molecular formula is C13H11F3N2. The molecule has 0 saturated heterocycles. The van der Waals surface area contributed by atoms with Gasteiger partial charge in [-0.2, -0.15) is 13.2 Å². The third-order valence-corrected chi connectivity index (χ3v) is 2.50. The largest absolute Gasteiger partial charge is 0.418 e. The molecule has 94 valence electrons. The van der Waals surface area contributed by atoms with Crippen LogP contribution in [-0.4, -0.2) is 0 Å².